The first kappa shape index (κ1) is 12.8. The van der Waals surface area contributed by atoms with Crippen LogP contribution in [0, 0.1) is 11.3 Å². The van der Waals surface area contributed by atoms with Crippen LogP contribution in [0.2, 0.25) is 0 Å². The Kier molecular flexibility index (Phi) is 4.56. The van der Waals surface area contributed by atoms with E-state index in [1.54, 1.807) is 0 Å². The third kappa shape index (κ3) is 3.11. The van der Waals surface area contributed by atoms with E-state index in [1.807, 2.05) is 13.0 Å². The molecular weight excluding hydrogens is 230 g/mol. The van der Waals surface area contributed by atoms with Crippen LogP contribution in [0.1, 0.15) is 13.3 Å². The minimum absolute atomic E-state index is 0.0315. The summed E-state index contributed by atoms with van der Waals surface area (Å²) < 4.78 is 0. The maximum absolute atomic E-state index is 11.6. The van der Waals surface area contributed by atoms with Crippen LogP contribution in [0.4, 0.5) is 0 Å². The smallest absolute Gasteiger partial charge is 0.242 e. The Bertz CT molecular complexity index is 327. The molecule has 0 radical (unpaired) electrons. The first-order valence-electron chi connectivity index (χ1n) is 5.17. The zero-order valence-electron chi connectivity index (χ0n) is 9.15. The molecule has 0 saturated carbocycles. The Morgan fingerprint density at radius 3 is 2.50 bits per heavy atom. The van der Waals surface area contributed by atoms with E-state index in [-0.39, 0.29) is 31.4 Å². The molecule has 1 saturated heterocycles. The van der Waals surface area contributed by atoms with Gasteiger partial charge in [-0.2, -0.15) is 5.26 Å². The van der Waals surface area contributed by atoms with Crippen molar-refractivity contribution >= 4 is 23.4 Å². The zero-order valence-corrected chi connectivity index (χ0v) is 9.90. The predicted octanol–water partition coefficient (Wildman–Crippen LogP) is 0.198. The van der Waals surface area contributed by atoms with E-state index in [0.717, 1.165) is 6.42 Å². The van der Waals surface area contributed by atoms with Crippen LogP contribution in [-0.4, -0.2) is 53.2 Å². The van der Waals surface area contributed by atoms with E-state index in [9.17, 15) is 9.59 Å². The summed E-state index contributed by atoms with van der Waals surface area (Å²) in [6, 6.07) is 1.83. The molecule has 0 aromatic heterocycles. The highest BCUT2D eigenvalue weighted by molar-refractivity contribution is 6.22. The molecule has 0 aromatic carbocycles. The molecule has 1 atom stereocenters. The number of halogens is 1. The van der Waals surface area contributed by atoms with Crippen molar-refractivity contribution in [3.63, 3.8) is 0 Å². The van der Waals surface area contributed by atoms with E-state index in [4.69, 9.17) is 16.9 Å². The summed E-state index contributed by atoms with van der Waals surface area (Å²) in [4.78, 5) is 26.1. The van der Waals surface area contributed by atoms with Crippen LogP contribution >= 0.6 is 11.6 Å². The minimum atomic E-state index is -0.755. The number of piperazine rings is 1. The molecule has 0 aromatic rings. The van der Waals surface area contributed by atoms with Gasteiger partial charge in [0.1, 0.15) is 5.38 Å². The van der Waals surface area contributed by atoms with Gasteiger partial charge in [-0.1, -0.05) is 6.92 Å². The summed E-state index contributed by atoms with van der Waals surface area (Å²) in [6.07, 6.45) is 0.829. The van der Waals surface area contributed by atoms with E-state index in [2.05, 4.69) is 0 Å². The Balaban J connectivity index is 2.57. The summed E-state index contributed by atoms with van der Waals surface area (Å²) in [5.41, 5.74) is 0. The molecule has 1 aliphatic heterocycles. The second-order valence-electron chi connectivity index (χ2n) is 3.69. The van der Waals surface area contributed by atoms with Crippen molar-refractivity contribution < 1.29 is 9.59 Å². The van der Waals surface area contributed by atoms with Gasteiger partial charge in [0, 0.05) is 6.54 Å². The van der Waals surface area contributed by atoms with E-state index in [0.29, 0.717) is 6.54 Å². The molecule has 88 valence electrons. The van der Waals surface area contributed by atoms with Gasteiger partial charge in [-0.25, -0.2) is 0 Å². The van der Waals surface area contributed by atoms with E-state index >= 15 is 0 Å². The van der Waals surface area contributed by atoms with Gasteiger partial charge < -0.3 is 9.80 Å². The molecule has 0 spiro atoms. The highest BCUT2D eigenvalue weighted by Crippen LogP contribution is 2.08. The monoisotopic (exact) mass is 243 g/mol. The molecule has 1 fully saturated rings. The van der Waals surface area contributed by atoms with Crippen molar-refractivity contribution in [1.29, 1.82) is 5.26 Å². The van der Waals surface area contributed by atoms with Gasteiger partial charge in [0.2, 0.25) is 11.8 Å². The number of alkyl halides is 1. The lowest BCUT2D eigenvalue weighted by atomic mass is 10.2. The lowest BCUT2D eigenvalue weighted by Crippen LogP contribution is -2.54. The summed E-state index contributed by atoms with van der Waals surface area (Å²) >= 11 is 5.63. The Morgan fingerprint density at radius 1 is 1.38 bits per heavy atom. The third-order valence-corrected chi connectivity index (χ3v) is 2.61. The standard InChI is InChI=1S/C10H14ClN3O2/c1-2-3-13-6-10(16)14(7-9(13)15)5-8(11)4-12/h8H,2-3,5-7H2,1H3. The quantitative estimate of drug-likeness (QED) is 0.663. The van der Waals surface area contributed by atoms with Crippen LogP contribution < -0.4 is 0 Å². The average molecular weight is 244 g/mol. The molecule has 1 rings (SSSR count). The number of hydrogen-bond donors (Lipinski definition) is 0. The second-order valence-corrected chi connectivity index (χ2v) is 4.21. The molecule has 0 N–H and O–H groups in total. The van der Waals surface area contributed by atoms with Crippen LogP contribution in [0.5, 0.6) is 0 Å². The zero-order chi connectivity index (χ0) is 12.1. The normalized spacial score (nSPS) is 18.6. The molecule has 0 bridgehead atoms. The van der Waals surface area contributed by atoms with Gasteiger partial charge in [-0.05, 0) is 6.42 Å². The average Bonchev–Trinajstić information content (AvgIpc) is 2.25. The summed E-state index contributed by atoms with van der Waals surface area (Å²) in [7, 11) is 0. The molecule has 1 aliphatic rings. The molecule has 16 heavy (non-hydrogen) atoms. The van der Waals surface area contributed by atoms with Gasteiger partial charge in [-0.15, -0.1) is 11.6 Å². The minimum Gasteiger partial charge on any atom is -0.332 e. The van der Waals surface area contributed by atoms with Gasteiger partial charge in [0.05, 0.1) is 25.7 Å². The lowest BCUT2D eigenvalue weighted by Gasteiger charge is -2.33. The fourth-order valence-corrected chi connectivity index (χ4v) is 1.74. The largest absolute Gasteiger partial charge is 0.332 e. The van der Waals surface area contributed by atoms with Crippen molar-refractivity contribution in [3.8, 4) is 6.07 Å². The topological polar surface area (TPSA) is 64.4 Å². The highest BCUT2D eigenvalue weighted by atomic mass is 35.5. The third-order valence-electron chi connectivity index (χ3n) is 2.37. The van der Waals surface area contributed by atoms with Gasteiger partial charge in [-0.3, -0.25) is 9.59 Å². The molecular formula is C10H14ClN3O2. The molecule has 1 unspecified atom stereocenters. The van der Waals surface area contributed by atoms with Crippen molar-refractivity contribution in [2.24, 2.45) is 0 Å². The molecule has 2 amide bonds. The fraction of sp³-hybridized carbons (Fsp3) is 0.700. The Hall–Kier alpha value is -1.28. The maximum Gasteiger partial charge on any atom is 0.242 e. The van der Waals surface area contributed by atoms with Gasteiger partial charge >= 0.3 is 0 Å². The maximum atomic E-state index is 11.6. The number of rotatable bonds is 4. The van der Waals surface area contributed by atoms with Gasteiger partial charge in [0.15, 0.2) is 0 Å². The van der Waals surface area contributed by atoms with Crippen molar-refractivity contribution in [2.45, 2.75) is 18.7 Å². The number of carbonyl (C=O) groups is 2. The van der Waals surface area contributed by atoms with Crippen LogP contribution in [0.25, 0.3) is 0 Å². The number of carbonyl (C=O) groups excluding carboxylic acids is 2. The highest BCUT2D eigenvalue weighted by Gasteiger charge is 2.30. The second kappa shape index (κ2) is 5.71. The number of nitriles is 1. The SMILES string of the molecule is CCCN1CC(=O)N(CC(Cl)C#N)CC1=O. The summed E-state index contributed by atoms with van der Waals surface area (Å²) in [5, 5.41) is 7.78. The predicted molar refractivity (Wildman–Crippen MR) is 58.7 cm³/mol. The Labute approximate surface area is 99.6 Å². The Morgan fingerprint density at radius 2 is 1.94 bits per heavy atom. The van der Waals surface area contributed by atoms with Gasteiger partial charge in [0.25, 0.3) is 0 Å². The first-order chi connectivity index (χ1) is 7.58. The molecule has 1 heterocycles. The summed E-state index contributed by atoms with van der Waals surface area (Å²) in [6.45, 7) is 2.80. The molecule has 0 aliphatic carbocycles. The molecule has 6 heteroatoms. The van der Waals surface area contributed by atoms with Crippen LogP contribution in [0.3, 0.4) is 0 Å². The first-order valence-corrected chi connectivity index (χ1v) is 5.61. The van der Waals surface area contributed by atoms with Crippen molar-refractivity contribution in [3.05, 3.63) is 0 Å². The summed E-state index contributed by atoms with van der Waals surface area (Å²) in [5.74, 6) is -0.225. The fourth-order valence-electron chi connectivity index (χ4n) is 1.58. The van der Waals surface area contributed by atoms with E-state index < -0.39 is 5.38 Å². The van der Waals surface area contributed by atoms with Crippen molar-refractivity contribution in [1.82, 2.24) is 9.80 Å². The molecule has 5 nitrogen and oxygen atoms in total. The van der Waals surface area contributed by atoms with Crippen LogP contribution in [-0.2, 0) is 9.59 Å². The number of hydrogen-bond acceptors (Lipinski definition) is 3. The van der Waals surface area contributed by atoms with E-state index in [1.165, 1.54) is 9.80 Å². The van der Waals surface area contributed by atoms with Crippen molar-refractivity contribution in [2.75, 3.05) is 26.2 Å². The number of amides is 2. The van der Waals surface area contributed by atoms with Crippen LogP contribution in [0.15, 0.2) is 0 Å². The number of nitrogens with zero attached hydrogens (tertiary/aromatic N) is 3. The lowest BCUT2D eigenvalue weighted by molar-refractivity contribution is -0.149.